The lowest BCUT2D eigenvalue weighted by Gasteiger charge is -2.42. The summed E-state index contributed by atoms with van der Waals surface area (Å²) in [7, 11) is 0. The van der Waals surface area contributed by atoms with E-state index in [-0.39, 0.29) is 17.7 Å². The third kappa shape index (κ3) is 4.83. The first-order valence-electron chi connectivity index (χ1n) is 10.8. The van der Waals surface area contributed by atoms with Crippen LogP contribution in [0, 0.1) is 12.8 Å². The minimum Gasteiger partial charge on any atom is -0.381 e. The molecule has 0 aliphatic carbocycles. The summed E-state index contributed by atoms with van der Waals surface area (Å²) in [6.07, 6.45) is 4.40. The number of nitrogens with zero attached hydrogens (tertiary/aromatic N) is 2. The molecule has 0 bridgehead atoms. The lowest BCUT2D eigenvalue weighted by molar-refractivity contribution is -0.143. The number of nitrogens with one attached hydrogen (secondary N) is 1. The summed E-state index contributed by atoms with van der Waals surface area (Å²) in [4.78, 5) is 32.6. The molecule has 2 aromatic rings. The van der Waals surface area contributed by atoms with Crippen LogP contribution in [-0.2, 0) is 19.7 Å². The first kappa shape index (κ1) is 22.0. The number of carbonyl (C=O) groups excluding carboxylic acids is 2. The van der Waals surface area contributed by atoms with Crippen molar-refractivity contribution in [3.63, 3.8) is 0 Å². The summed E-state index contributed by atoms with van der Waals surface area (Å²) in [6.45, 7) is 4.34. The molecule has 0 unspecified atom stereocenters. The van der Waals surface area contributed by atoms with Crippen LogP contribution in [0.25, 0.3) is 0 Å². The first-order chi connectivity index (χ1) is 15.0. The maximum Gasteiger partial charge on any atom is 0.233 e. The lowest BCUT2D eigenvalue weighted by atomic mass is 9.72. The highest BCUT2D eigenvalue weighted by atomic mass is 79.9. The van der Waals surface area contributed by atoms with Crippen molar-refractivity contribution >= 4 is 33.6 Å². The molecule has 1 N–H and O–H groups in total. The molecule has 0 saturated carbocycles. The molecule has 31 heavy (non-hydrogen) atoms. The Balaban J connectivity index is 1.42. The van der Waals surface area contributed by atoms with Gasteiger partial charge in [-0.3, -0.25) is 9.59 Å². The highest BCUT2D eigenvalue weighted by molar-refractivity contribution is 9.10. The molecular formula is C24H28BrN3O3. The second-order valence-corrected chi connectivity index (χ2v) is 9.39. The lowest BCUT2D eigenvalue weighted by Crippen LogP contribution is -2.52. The summed E-state index contributed by atoms with van der Waals surface area (Å²) < 4.78 is 6.58. The Bertz CT molecular complexity index is 933. The number of benzene rings is 1. The highest BCUT2D eigenvalue weighted by Crippen LogP contribution is 2.38. The molecule has 1 aromatic heterocycles. The van der Waals surface area contributed by atoms with Gasteiger partial charge < -0.3 is 15.0 Å². The SMILES string of the molecule is Cc1ccnc(NC(=O)C2CCN(C(=O)C3(c4ccc(Br)cc4)CCOCC3)CC2)c1. The molecule has 4 rings (SSSR count). The Labute approximate surface area is 191 Å². The van der Waals surface area contributed by atoms with Crippen molar-refractivity contribution < 1.29 is 14.3 Å². The van der Waals surface area contributed by atoms with Crippen LogP contribution in [0.2, 0.25) is 0 Å². The molecule has 2 amide bonds. The van der Waals surface area contributed by atoms with E-state index in [1.54, 1.807) is 6.20 Å². The maximum atomic E-state index is 13.7. The van der Waals surface area contributed by atoms with E-state index in [4.69, 9.17) is 4.74 Å². The Hall–Kier alpha value is -2.25. The minimum atomic E-state index is -0.542. The predicted octanol–water partition coefficient (Wildman–Crippen LogP) is 4.08. The third-order valence-corrected chi connectivity index (χ3v) is 7.00. The number of aryl methyl sites for hydroxylation is 1. The minimum absolute atomic E-state index is 0.0149. The molecule has 164 valence electrons. The van der Waals surface area contributed by atoms with Crippen molar-refractivity contribution in [3.05, 3.63) is 58.2 Å². The maximum absolute atomic E-state index is 13.7. The van der Waals surface area contributed by atoms with E-state index in [0.29, 0.717) is 57.8 Å². The molecule has 7 heteroatoms. The fourth-order valence-electron chi connectivity index (χ4n) is 4.60. The van der Waals surface area contributed by atoms with Crippen LogP contribution in [0.15, 0.2) is 47.1 Å². The van der Waals surface area contributed by atoms with Gasteiger partial charge in [0.15, 0.2) is 0 Å². The summed E-state index contributed by atoms with van der Waals surface area (Å²) >= 11 is 3.49. The average molecular weight is 486 g/mol. The van der Waals surface area contributed by atoms with Crippen molar-refractivity contribution in [3.8, 4) is 0 Å². The number of pyridine rings is 1. The van der Waals surface area contributed by atoms with E-state index in [2.05, 4.69) is 26.2 Å². The molecule has 3 heterocycles. The zero-order chi connectivity index (χ0) is 21.8. The zero-order valence-electron chi connectivity index (χ0n) is 17.8. The van der Waals surface area contributed by atoms with E-state index in [9.17, 15) is 9.59 Å². The van der Waals surface area contributed by atoms with Gasteiger partial charge in [-0.05, 0) is 68.0 Å². The normalized spacial score (nSPS) is 19.1. The topological polar surface area (TPSA) is 71.5 Å². The van der Waals surface area contributed by atoms with Gasteiger partial charge in [-0.2, -0.15) is 0 Å². The first-order valence-corrected chi connectivity index (χ1v) is 11.6. The Morgan fingerprint density at radius 1 is 1.13 bits per heavy atom. The van der Waals surface area contributed by atoms with Crippen LogP contribution in [0.4, 0.5) is 5.82 Å². The number of halogens is 1. The van der Waals surface area contributed by atoms with Crippen LogP contribution in [0.1, 0.15) is 36.8 Å². The molecular weight excluding hydrogens is 458 g/mol. The molecule has 1 aromatic carbocycles. The van der Waals surface area contributed by atoms with Gasteiger partial charge in [-0.15, -0.1) is 0 Å². The van der Waals surface area contributed by atoms with Crippen molar-refractivity contribution in [2.45, 2.75) is 38.0 Å². The number of ether oxygens (including phenoxy) is 1. The van der Waals surface area contributed by atoms with E-state index >= 15 is 0 Å². The molecule has 2 saturated heterocycles. The number of amides is 2. The van der Waals surface area contributed by atoms with Crippen molar-refractivity contribution in [2.24, 2.45) is 5.92 Å². The van der Waals surface area contributed by atoms with Crippen molar-refractivity contribution in [1.82, 2.24) is 9.88 Å². The van der Waals surface area contributed by atoms with Crippen molar-refractivity contribution in [1.29, 1.82) is 0 Å². The second-order valence-electron chi connectivity index (χ2n) is 8.48. The molecule has 2 aliphatic heterocycles. The zero-order valence-corrected chi connectivity index (χ0v) is 19.4. The van der Waals surface area contributed by atoms with Gasteiger partial charge in [-0.25, -0.2) is 4.98 Å². The van der Waals surface area contributed by atoms with E-state index in [0.717, 1.165) is 15.6 Å². The van der Waals surface area contributed by atoms with Gasteiger partial charge in [0.25, 0.3) is 0 Å². The van der Waals surface area contributed by atoms with Crippen molar-refractivity contribution in [2.75, 3.05) is 31.6 Å². The van der Waals surface area contributed by atoms with E-state index in [1.165, 1.54) is 0 Å². The largest absolute Gasteiger partial charge is 0.381 e. The van der Waals surface area contributed by atoms with Crippen LogP contribution in [0.3, 0.4) is 0 Å². The quantitative estimate of drug-likeness (QED) is 0.707. The Morgan fingerprint density at radius 3 is 2.45 bits per heavy atom. The predicted molar refractivity (Wildman–Crippen MR) is 123 cm³/mol. The Morgan fingerprint density at radius 2 is 1.81 bits per heavy atom. The fourth-order valence-corrected chi connectivity index (χ4v) is 4.86. The van der Waals surface area contributed by atoms with Gasteiger partial charge >= 0.3 is 0 Å². The fraction of sp³-hybridized carbons (Fsp3) is 0.458. The van der Waals surface area contributed by atoms with Gasteiger partial charge in [0, 0.05) is 42.9 Å². The third-order valence-electron chi connectivity index (χ3n) is 6.47. The van der Waals surface area contributed by atoms with Gasteiger partial charge in [0.05, 0.1) is 5.41 Å². The highest BCUT2D eigenvalue weighted by Gasteiger charge is 2.45. The molecule has 0 spiro atoms. The number of anilines is 1. The summed E-state index contributed by atoms with van der Waals surface area (Å²) in [5.74, 6) is 0.626. The smallest absolute Gasteiger partial charge is 0.233 e. The number of hydrogen-bond donors (Lipinski definition) is 1. The summed E-state index contributed by atoms with van der Waals surface area (Å²) in [5.41, 5.74) is 1.56. The van der Waals surface area contributed by atoms with Crippen LogP contribution >= 0.6 is 15.9 Å². The number of piperidine rings is 1. The van der Waals surface area contributed by atoms with Gasteiger partial charge in [0.1, 0.15) is 5.82 Å². The number of carbonyl (C=O) groups is 2. The van der Waals surface area contributed by atoms with Gasteiger partial charge in [-0.1, -0.05) is 28.1 Å². The van der Waals surface area contributed by atoms with E-state index in [1.807, 2.05) is 48.2 Å². The summed E-state index contributed by atoms with van der Waals surface area (Å²) in [5, 5.41) is 2.92. The average Bonchev–Trinajstić information content (AvgIpc) is 2.79. The molecule has 0 radical (unpaired) electrons. The molecule has 0 atom stereocenters. The molecule has 6 nitrogen and oxygen atoms in total. The molecule has 2 fully saturated rings. The number of hydrogen-bond acceptors (Lipinski definition) is 4. The summed E-state index contributed by atoms with van der Waals surface area (Å²) in [6, 6.07) is 11.8. The monoisotopic (exact) mass is 485 g/mol. The number of aromatic nitrogens is 1. The Kier molecular flexibility index (Phi) is 6.72. The molecule has 2 aliphatic rings. The number of likely N-dealkylation sites (tertiary alicyclic amines) is 1. The standard InChI is InChI=1S/C24H28BrN3O3/c1-17-6-11-26-21(16-17)27-22(29)18-7-12-28(13-8-18)23(30)24(9-14-31-15-10-24)19-2-4-20(25)5-3-19/h2-6,11,16,18H,7-10,12-15H2,1H3,(H,26,27,29). The van der Waals surface area contributed by atoms with Crippen LogP contribution in [-0.4, -0.2) is 48.0 Å². The van der Waals surface area contributed by atoms with E-state index < -0.39 is 5.41 Å². The number of rotatable bonds is 4. The van der Waals surface area contributed by atoms with Crippen LogP contribution < -0.4 is 5.32 Å². The van der Waals surface area contributed by atoms with Crippen LogP contribution in [0.5, 0.6) is 0 Å². The van der Waals surface area contributed by atoms with Gasteiger partial charge in [0.2, 0.25) is 11.8 Å². The second kappa shape index (κ2) is 9.49.